The van der Waals surface area contributed by atoms with Gasteiger partial charge in [-0.25, -0.2) is 9.97 Å². The summed E-state index contributed by atoms with van der Waals surface area (Å²) < 4.78 is 0. The molecular formula is C14H24N4. The molecule has 1 aliphatic heterocycles. The standard InChI is InChI=1S/C14H24N4/c1-11-10-14(17-12(2)16-11)15-7-4-13-5-8-18(3)9-6-13/h10,13H,4-9H2,1-3H3,(H,15,16,17). The van der Waals surface area contributed by atoms with Gasteiger partial charge in [0.1, 0.15) is 11.6 Å². The van der Waals surface area contributed by atoms with Crippen LogP contribution in [0.1, 0.15) is 30.8 Å². The topological polar surface area (TPSA) is 41.0 Å². The molecule has 0 unspecified atom stereocenters. The quantitative estimate of drug-likeness (QED) is 0.887. The molecule has 1 N–H and O–H groups in total. The first-order valence-electron chi connectivity index (χ1n) is 6.88. The Balaban J connectivity index is 1.74. The Morgan fingerprint density at radius 2 is 2.00 bits per heavy atom. The van der Waals surface area contributed by atoms with Crippen LogP contribution >= 0.6 is 0 Å². The Kier molecular flexibility index (Phi) is 4.53. The van der Waals surface area contributed by atoms with Crippen molar-refractivity contribution in [2.24, 2.45) is 5.92 Å². The Bertz CT molecular complexity index is 363. The van der Waals surface area contributed by atoms with E-state index in [1.54, 1.807) is 0 Å². The van der Waals surface area contributed by atoms with E-state index in [0.29, 0.717) is 0 Å². The lowest BCUT2D eigenvalue weighted by molar-refractivity contribution is 0.215. The fourth-order valence-corrected chi connectivity index (χ4v) is 2.56. The monoisotopic (exact) mass is 248 g/mol. The minimum absolute atomic E-state index is 0.844. The van der Waals surface area contributed by atoms with E-state index in [1.807, 2.05) is 19.9 Å². The van der Waals surface area contributed by atoms with Crippen LogP contribution in [0.5, 0.6) is 0 Å². The Labute approximate surface area is 110 Å². The van der Waals surface area contributed by atoms with Crippen molar-refractivity contribution in [3.8, 4) is 0 Å². The molecule has 18 heavy (non-hydrogen) atoms. The molecule has 1 fully saturated rings. The number of anilines is 1. The summed E-state index contributed by atoms with van der Waals surface area (Å²) in [6.45, 7) is 7.46. The number of nitrogens with zero attached hydrogens (tertiary/aromatic N) is 3. The average molecular weight is 248 g/mol. The van der Waals surface area contributed by atoms with Crippen molar-refractivity contribution in [2.75, 3.05) is 32.0 Å². The molecule has 0 spiro atoms. The molecule has 0 amide bonds. The van der Waals surface area contributed by atoms with E-state index in [0.717, 1.165) is 29.8 Å². The maximum atomic E-state index is 4.40. The summed E-state index contributed by atoms with van der Waals surface area (Å²) in [5.41, 5.74) is 1.03. The second-order valence-corrected chi connectivity index (χ2v) is 5.40. The highest BCUT2D eigenvalue weighted by Gasteiger charge is 2.15. The second-order valence-electron chi connectivity index (χ2n) is 5.40. The third kappa shape index (κ3) is 3.95. The number of nitrogens with one attached hydrogen (secondary N) is 1. The summed E-state index contributed by atoms with van der Waals surface area (Å²) in [5.74, 6) is 2.68. The van der Waals surface area contributed by atoms with E-state index in [4.69, 9.17) is 0 Å². The first-order valence-corrected chi connectivity index (χ1v) is 6.88. The van der Waals surface area contributed by atoms with Crippen molar-refractivity contribution in [3.05, 3.63) is 17.6 Å². The lowest BCUT2D eigenvalue weighted by atomic mass is 9.94. The molecule has 4 nitrogen and oxygen atoms in total. The van der Waals surface area contributed by atoms with Crippen molar-refractivity contribution in [1.29, 1.82) is 0 Å². The first kappa shape index (κ1) is 13.3. The molecule has 100 valence electrons. The van der Waals surface area contributed by atoms with Gasteiger partial charge < -0.3 is 10.2 Å². The molecule has 1 saturated heterocycles. The van der Waals surface area contributed by atoms with E-state index >= 15 is 0 Å². The van der Waals surface area contributed by atoms with E-state index in [-0.39, 0.29) is 0 Å². The minimum atomic E-state index is 0.844. The third-order valence-electron chi connectivity index (χ3n) is 3.66. The SMILES string of the molecule is Cc1cc(NCCC2CCN(C)CC2)nc(C)n1. The summed E-state index contributed by atoms with van der Waals surface area (Å²) in [6.07, 6.45) is 3.91. The highest BCUT2D eigenvalue weighted by Crippen LogP contribution is 2.19. The highest BCUT2D eigenvalue weighted by molar-refractivity contribution is 5.35. The molecule has 0 saturated carbocycles. The normalized spacial score (nSPS) is 17.9. The van der Waals surface area contributed by atoms with Crippen molar-refractivity contribution in [2.45, 2.75) is 33.1 Å². The summed E-state index contributed by atoms with van der Waals surface area (Å²) >= 11 is 0. The zero-order valence-electron chi connectivity index (χ0n) is 11.7. The Hall–Kier alpha value is -1.16. The molecule has 0 atom stereocenters. The third-order valence-corrected chi connectivity index (χ3v) is 3.66. The largest absolute Gasteiger partial charge is 0.370 e. The van der Waals surface area contributed by atoms with Crippen LogP contribution in [0.2, 0.25) is 0 Å². The zero-order valence-corrected chi connectivity index (χ0v) is 11.7. The Morgan fingerprint density at radius 1 is 1.28 bits per heavy atom. The van der Waals surface area contributed by atoms with E-state index in [1.165, 1.54) is 32.4 Å². The molecule has 2 heterocycles. The minimum Gasteiger partial charge on any atom is -0.370 e. The van der Waals surface area contributed by atoms with Crippen LogP contribution < -0.4 is 5.32 Å². The molecule has 0 aliphatic carbocycles. The van der Waals surface area contributed by atoms with Gasteiger partial charge in [0.05, 0.1) is 0 Å². The van der Waals surface area contributed by atoms with Gasteiger partial charge in [-0.05, 0) is 59.2 Å². The van der Waals surface area contributed by atoms with Gasteiger partial charge in [0.25, 0.3) is 0 Å². The number of aromatic nitrogens is 2. The van der Waals surface area contributed by atoms with Gasteiger partial charge in [0.2, 0.25) is 0 Å². The fourth-order valence-electron chi connectivity index (χ4n) is 2.56. The van der Waals surface area contributed by atoms with Crippen LogP contribution in [0, 0.1) is 19.8 Å². The predicted molar refractivity (Wildman–Crippen MR) is 74.8 cm³/mol. The predicted octanol–water partition coefficient (Wildman–Crippen LogP) is 2.24. The van der Waals surface area contributed by atoms with Crippen LogP contribution in [-0.4, -0.2) is 41.5 Å². The number of hydrogen-bond donors (Lipinski definition) is 1. The van der Waals surface area contributed by atoms with Crippen LogP contribution in [0.15, 0.2) is 6.07 Å². The average Bonchev–Trinajstić information content (AvgIpc) is 2.30. The van der Waals surface area contributed by atoms with Gasteiger partial charge in [0.15, 0.2) is 0 Å². The van der Waals surface area contributed by atoms with E-state index in [2.05, 4.69) is 27.2 Å². The number of piperidine rings is 1. The highest BCUT2D eigenvalue weighted by atomic mass is 15.1. The van der Waals surface area contributed by atoms with E-state index in [9.17, 15) is 0 Å². The molecule has 1 aliphatic rings. The van der Waals surface area contributed by atoms with Gasteiger partial charge in [-0.3, -0.25) is 0 Å². The van der Waals surface area contributed by atoms with Crippen LogP contribution in [0.4, 0.5) is 5.82 Å². The fraction of sp³-hybridized carbons (Fsp3) is 0.714. The van der Waals surface area contributed by atoms with Crippen molar-refractivity contribution in [3.63, 3.8) is 0 Å². The molecule has 1 aromatic rings. The second kappa shape index (κ2) is 6.14. The maximum Gasteiger partial charge on any atom is 0.129 e. The zero-order chi connectivity index (χ0) is 13.0. The van der Waals surface area contributed by atoms with Gasteiger partial charge >= 0.3 is 0 Å². The van der Waals surface area contributed by atoms with Crippen molar-refractivity contribution in [1.82, 2.24) is 14.9 Å². The van der Waals surface area contributed by atoms with Crippen molar-refractivity contribution < 1.29 is 0 Å². The van der Waals surface area contributed by atoms with Gasteiger partial charge in [0, 0.05) is 18.3 Å². The number of rotatable bonds is 4. The van der Waals surface area contributed by atoms with Gasteiger partial charge in [-0.1, -0.05) is 0 Å². The summed E-state index contributed by atoms with van der Waals surface area (Å²) in [7, 11) is 2.21. The molecule has 0 aromatic carbocycles. The number of aryl methyl sites for hydroxylation is 2. The summed E-state index contributed by atoms with van der Waals surface area (Å²) in [5, 5.41) is 3.42. The van der Waals surface area contributed by atoms with Crippen LogP contribution in [0.25, 0.3) is 0 Å². The molecule has 1 aromatic heterocycles. The summed E-state index contributed by atoms with van der Waals surface area (Å²) in [6, 6.07) is 2.02. The summed E-state index contributed by atoms with van der Waals surface area (Å²) in [4.78, 5) is 11.1. The molecule has 0 radical (unpaired) electrons. The van der Waals surface area contributed by atoms with Gasteiger partial charge in [-0.2, -0.15) is 0 Å². The van der Waals surface area contributed by atoms with E-state index < -0.39 is 0 Å². The first-order chi connectivity index (χ1) is 8.63. The molecule has 4 heteroatoms. The van der Waals surface area contributed by atoms with Crippen molar-refractivity contribution >= 4 is 5.82 Å². The Morgan fingerprint density at radius 3 is 2.67 bits per heavy atom. The number of likely N-dealkylation sites (tertiary alicyclic amines) is 1. The maximum absolute atomic E-state index is 4.40. The smallest absolute Gasteiger partial charge is 0.129 e. The lowest BCUT2D eigenvalue weighted by Gasteiger charge is -2.28. The molecular weight excluding hydrogens is 224 g/mol. The van der Waals surface area contributed by atoms with Gasteiger partial charge in [-0.15, -0.1) is 0 Å². The number of hydrogen-bond acceptors (Lipinski definition) is 4. The molecule has 0 bridgehead atoms. The lowest BCUT2D eigenvalue weighted by Crippen LogP contribution is -2.30. The molecule has 2 rings (SSSR count). The van der Waals surface area contributed by atoms with Crippen LogP contribution in [-0.2, 0) is 0 Å². The van der Waals surface area contributed by atoms with Crippen LogP contribution in [0.3, 0.4) is 0 Å².